The van der Waals surface area contributed by atoms with Crippen molar-refractivity contribution in [3.05, 3.63) is 35.9 Å². The van der Waals surface area contributed by atoms with Crippen LogP contribution in [0.3, 0.4) is 0 Å². The summed E-state index contributed by atoms with van der Waals surface area (Å²) in [7, 11) is 0. The highest BCUT2D eigenvalue weighted by atomic mass is 32.1. The number of nitrogens with one attached hydrogen (secondary N) is 1. The van der Waals surface area contributed by atoms with E-state index in [2.05, 4.69) is 17.5 Å². The minimum absolute atomic E-state index is 0.129. The first-order valence-corrected chi connectivity index (χ1v) is 5.39. The molecule has 0 aromatic heterocycles. The second-order valence-electron chi connectivity index (χ2n) is 3.02. The predicted molar refractivity (Wildman–Crippen MR) is 69.2 cm³/mol. The SMILES string of the molecule is O=C(C=S)CC(=S)NCc1ccccc1. The Hall–Kier alpha value is -1.13. The molecule has 1 aromatic rings. The molecule has 0 bridgehead atoms. The van der Waals surface area contributed by atoms with Crippen LogP contribution < -0.4 is 5.32 Å². The molecule has 0 amide bonds. The molecule has 0 unspecified atom stereocenters. The number of hydrogen-bond donors (Lipinski definition) is 1. The molecule has 0 radical (unpaired) electrons. The molecule has 1 aromatic carbocycles. The van der Waals surface area contributed by atoms with Gasteiger partial charge in [-0.3, -0.25) is 4.79 Å². The summed E-state index contributed by atoms with van der Waals surface area (Å²) in [6, 6.07) is 9.87. The third-order valence-electron chi connectivity index (χ3n) is 1.80. The van der Waals surface area contributed by atoms with Gasteiger partial charge in [-0.1, -0.05) is 54.8 Å². The highest BCUT2D eigenvalue weighted by Gasteiger charge is 2.02. The summed E-state index contributed by atoms with van der Waals surface area (Å²) in [5.41, 5.74) is 1.13. The van der Waals surface area contributed by atoms with Crippen LogP contribution in [-0.4, -0.2) is 16.1 Å². The van der Waals surface area contributed by atoms with Crippen LogP contribution in [0.2, 0.25) is 0 Å². The lowest BCUT2D eigenvalue weighted by Gasteiger charge is -2.05. The van der Waals surface area contributed by atoms with Gasteiger partial charge in [0.25, 0.3) is 0 Å². The third kappa shape index (κ3) is 4.76. The summed E-state index contributed by atoms with van der Waals surface area (Å²) >= 11 is 9.51. The van der Waals surface area contributed by atoms with Crippen molar-refractivity contribution in [2.45, 2.75) is 13.0 Å². The number of benzene rings is 1. The van der Waals surface area contributed by atoms with Crippen LogP contribution in [0.1, 0.15) is 12.0 Å². The van der Waals surface area contributed by atoms with E-state index in [9.17, 15) is 4.79 Å². The van der Waals surface area contributed by atoms with E-state index in [1.165, 1.54) is 0 Å². The molecule has 15 heavy (non-hydrogen) atoms. The van der Waals surface area contributed by atoms with Crippen molar-refractivity contribution in [3.63, 3.8) is 0 Å². The summed E-state index contributed by atoms with van der Waals surface area (Å²) < 4.78 is 0. The van der Waals surface area contributed by atoms with Gasteiger partial charge in [-0.05, 0) is 5.56 Å². The van der Waals surface area contributed by atoms with Crippen LogP contribution >= 0.6 is 24.4 Å². The van der Waals surface area contributed by atoms with Crippen molar-refractivity contribution in [1.82, 2.24) is 5.32 Å². The molecule has 1 N–H and O–H groups in total. The van der Waals surface area contributed by atoms with Crippen molar-refractivity contribution in [3.8, 4) is 0 Å². The number of thiocarbonyl (C=S) groups is 2. The van der Waals surface area contributed by atoms with E-state index in [1.54, 1.807) is 0 Å². The van der Waals surface area contributed by atoms with Gasteiger partial charge < -0.3 is 5.32 Å². The molecule has 0 aliphatic rings. The molecule has 1 rings (SSSR count). The van der Waals surface area contributed by atoms with Gasteiger partial charge in [-0.25, -0.2) is 0 Å². The van der Waals surface area contributed by atoms with Crippen molar-refractivity contribution in [2.24, 2.45) is 0 Å². The zero-order chi connectivity index (χ0) is 11.1. The van der Waals surface area contributed by atoms with Gasteiger partial charge in [0.2, 0.25) is 0 Å². The number of hydrogen-bond acceptors (Lipinski definition) is 3. The van der Waals surface area contributed by atoms with Gasteiger partial charge in [0.1, 0.15) is 0 Å². The second kappa shape index (κ2) is 6.37. The summed E-state index contributed by atoms with van der Waals surface area (Å²) in [6.45, 7) is 0.643. The largest absolute Gasteiger partial charge is 0.375 e. The van der Waals surface area contributed by atoms with Crippen LogP contribution in [0.15, 0.2) is 30.3 Å². The molecular formula is C11H11NOS2. The fourth-order valence-corrected chi connectivity index (χ4v) is 1.36. The first kappa shape index (κ1) is 11.9. The molecule has 0 heterocycles. The average molecular weight is 237 g/mol. The highest BCUT2D eigenvalue weighted by Crippen LogP contribution is 1.97. The smallest absolute Gasteiger partial charge is 0.173 e. The Bertz CT molecular complexity index is 362. The van der Waals surface area contributed by atoms with Crippen LogP contribution in [0.4, 0.5) is 0 Å². The maximum absolute atomic E-state index is 10.9. The molecule has 0 spiro atoms. The number of rotatable bonds is 5. The van der Waals surface area contributed by atoms with Crippen molar-refractivity contribution in [2.75, 3.05) is 0 Å². The summed E-state index contributed by atoms with van der Waals surface area (Å²) in [4.78, 5) is 11.5. The van der Waals surface area contributed by atoms with Gasteiger partial charge in [-0.2, -0.15) is 0 Å². The summed E-state index contributed by atoms with van der Waals surface area (Å²) in [5, 5.41) is 4.13. The molecule has 2 nitrogen and oxygen atoms in total. The molecule has 0 fully saturated rings. The Morgan fingerprint density at radius 2 is 2.00 bits per heavy atom. The fourth-order valence-electron chi connectivity index (χ4n) is 1.06. The molecular weight excluding hydrogens is 226 g/mol. The zero-order valence-corrected chi connectivity index (χ0v) is 9.74. The van der Waals surface area contributed by atoms with Crippen LogP contribution in [-0.2, 0) is 11.3 Å². The third-order valence-corrected chi connectivity index (χ3v) is 2.35. The summed E-state index contributed by atoms with van der Waals surface area (Å²) in [5.74, 6) is -0.129. The van der Waals surface area contributed by atoms with Gasteiger partial charge in [0.05, 0.1) is 11.4 Å². The Labute approximate surface area is 99.7 Å². The van der Waals surface area contributed by atoms with E-state index in [4.69, 9.17) is 12.2 Å². The molecule has 0 atom stereocenters. The minimum atomic E-state index is -0.129. The summed E-state index contributed by atoms with van der Waals surface area (Å²) in [6.07, 6.45) is 0.200. The zero-order valence-electron chi connectivity index (χ0n) is 8.10. The number of Topliss-reactive ketones (excluding diaryl/α,β-unsaturated/α-hetero) is 1. The van der Waals surface area contributed by atoms with Gasteiger partial charge >= 0.3 is 0 Å². The molecule has 0 aliphatic heterocycles. The van der Waals surface area contributed by atoms with Crippen LogP contribution in [0, 0.1) is 0 Å². The monoisotopic (exact) mass is 237 g/mol. The Morgan fingerprint density at radius 1 is 1.33 bits per heavy atom. The Balaban J connectivity index is 2.35. The van der Waals surface area contributed by atoms with E-state index in [0.29, 0.717) is 11.5 Å². The van der Waals surface area contributed by atoms with Crippen molar-refractivity contribution >= 4 is 40.6 Å². The molecule has 0 saturated carbocycles. The first-order chi connectivity index (χ1) is 7.22. The quantitative estimate of drug-likeness (QED) is 0.794. The predicted octanol–water partition coefficient (Wildman–Crippen LogP) is 2.06. The van der Waals surface area contributed by atoms with Gasteiger partial charge in [-0.15, -0.1) is 0 Å². The molecule has 0 aliphatic carbocycles. The van der Waals surface area contributed by atoms with Crippen LogP contribution in [0.25, 0.3) is 0 Å². The maximum atomic E-state index is 10.9. The standard InChI is InChI=1S/C11H11NOS2/c13-10(8-14)6-11(15)12-7-9-4-2-1-3-5-9/h1-5,8H,6-7H2,(H,12,15). The second-order valence-corrected chi connectivity index (χ2v) is 3.75. The van der Waals surface area contributed by atoms with E-state index in [-0.39, 0.29) is 12.2 Å². The van der Waals surface area contributed by atoms with Crippen LogP contribution in [0.5, 0.6) is 0 Å². The van der Waals surface area contributed by atoms with Gasteiger partial charge in [0.15, 0.2) is 5.78 Å². The molecule has 4 heteroatoms. The normalized spacial score (nSPS) is 9.33. The maximum Gasteiger partial charge on any atom is 0.173 e. The topological polar surface area (TPSA) is 29.1 Å². The van der Waals surface area contributed by atoms with Crippen molar-refractivity contribution < 1.29 is 4.79 Å². The Kier molecular flexibility index (Phi) is 5.07. The van der Waals surface area contributed by atoms with E-state index in [0.717, 1.165) is 10.9 Å². The average Bonchev–Trinajstić information content (AvgIpc) is 2.27. The van der Waals surface area contributed by atoms with E-state index in [1.807, 2.05) is 30.3 Å². The lowest BCUT2D eigenvalue weighted by atomic mass is 10.2. The number of ketones is 1. The lowest BCUT2D eigenvalue weighted by Crippen LogP contribution is -2.23. The van der Waals surface area contributed by atoms with Crippen molar-refractivity contribution in [1.29, 1.82) is 0 Å². The highest BCUT2D eigenvalue weighted by molar-refractivity contribution is 7.81. The van der Waals surface area contributed by atoms with E-state index < -0.39 is 0 Å². The van der Waals surface area contributed by atoms with E-state index >= 15 is 0 Å². The van der Waals surface area contributed by atoms with Gasteiger partial charge in [0, 0.05) is 11.9 Å². The fraction of sp³-hybridized carbons (Fsp3) is 0.182. The minimum Gasteiger partial charge on any atom is -0.375 e. The first-order valence-electron chi connectivity index (χ1n) is 4.51. The number of carbonyl (C=O) groups excluding carboxylic acids is 1. The lowest BCUT2D eigenvalue weighted by molar-refractivity contribution is -0.111. The number of carbonyl (C=O) groups is 1. The Morgan fingerprint density at radius 3 is 2.60 bits per heavy atom. The molecule has 0 saturated heterocycles. The molecule has 78 valence electrons.